The molecule has 0 spiro atoms. The predicted molar refractivity (Wildman–Crippen MR) is 127 cm³/mol. The number of pyridine rings is 1. The normalized spacial score (nSPS) is 17.2. The number of hydrogen-bond donors (Lipinski definition) is 2. The van der Waals surface area contributed by atoms with Gasteiger partial charge in [-0.1, -0.05) is 12.1 Å². The lowest BCUT2D eigenvalue weighted by Crippen LogP contribution is -2.39. The van der Waals surface area contributed by atoms with Crippen LogP contribution in [0.5, 0.6) is 0 Å². The predicted octanol–water partition coefficient (Wildman–Crippen LogP) is 4.66. The number of rotatable bonds is 5. The third-order valence-corrected chi connectivity index (χ3v) is 6.56. The van der Waals surface area contributed by atoms with E-state index in [-0.39, 0.29) is 34.9 Å². The molecule has 1 aliphatic rings. The van der Waals surface area contributed by atoms with E-state index >= 15 is 0 Å². The van der Waals surface area contributed by atoms with E-state index in [1.54, 1.807) is 10.9 Å². The smallest absolute Gasteiger partial charge is 0.383 e. The van der Waals surface area contributed by atoms with E-state index in [1.807, 2.05) is 0 Å². The molecule has 0 aliphatic carbocycles. The second-order valence-electron chi connectivity index (χ2n) is 9.10. The fraction of sp³-hybridized carbons (Fsp3) is 0.417. The third-order valence-electron chi connectivity index (χ3n) is 6.56. The molecule has 1 aromatic carbocycles. The van der Waals surface area contributed by atoms with Crippen molar-refractivity contribution in [1.82, 2.24) is 19.7 Å². The Hall–Kier alpha value is -3.88. The minimum absolute atomic E-state index is 0.0564. The maximum Gasteiger partial charge on any atom is 0.458 e. The number of aromatic nitrogens is 3. The van der Waals surface area contributed by atoms with Crippen LogP contribution in [-0.4, -0.2) is 51.3 Å². The minimum Gasteiger partial charge on any atom is -0.383 e. The molecule has 9 nitrogen and oxygen atoms in total. The molecule has 2 atom stereocenters. The summed E-state index contributed by atoms with van der Waals surface area (Å²) in [5.74, 6) is -8.83. The average Bonchev–Trinajstić information content (AvgIpc) is 3.35. The molecule has 15 heteroatoms. The number of nitrogens with two attached hydrogens (primary N) is 1. The summed E-state index contributed by atoms with van der Waals surface area (Å²) in [7, 11) is 1.15. The lowest BCUT2D eigenvalue weighted by molar-refractivity contribution is -0.289. The summed E-state index contributed by atoms with van der Waals surface area (Å²) >= 11 is 0. The van der Waals surface area contributed by atoms with Crippen molar-refractivity contribution in [3.63, 3.8) is 0 Å². The number of benzene rings is 1. The first kappa shape index (κ1) is 28.1. The van der Waals surface area contributed by atoms with Crippen molar-refractivity contribution in [3.05, 3.63) is 47.5 Å². The summed E-state index contributed by atoms with van der Waals surface area (Å²) in [5.41, 5.74) is 4.30. The van der Waals surface area contributed by atoms with Crippen LogP contribution in [0.2, 0.25) is 0 Å². The molecule has 0 radical (unpaired) electrons. The molecule has 0 saturated carbocycles. The standard InChI is InChI=1S/C24H24F6N6O3/c1-12(14-7-6-13(9-16(14)25)23(26,27)24(28,29)30)35(2)22(38)21(37)33-17-10-32-20(31)15-11-36(34-19(15)17)18-5-3-4-8-39-18/h6-7,9-12,18H,3-5,8H2,1-2H3,(H2,31,32)(H,33,37). The first-order valence-corrected chi connectivity index (χ1v) is 11.8. The molecule has 0 bridgehead atoms. The van der Waals surface area contributed by atoms with Gasteiger partial charge in [0.1, 0.15) is 23.4 Å². The van der Waals surface area contributed by atoms with E-state index in [9.17, 15) is 35.9 Å². The molecule has 1 aliphatic heterocycles. The number of halogens is 6. The summed E-state index contributed by atoms with van der Waals surface area (Å²) in [6, 6.07) is -0.0153. The molecule has 39 heavy (non-hydrogen) atoms. The Morgan fingerprint density at radius 1 is 1.23 bits per heavy atom. The molecular formula is C24H24F6N6O3. The Morgan fingerprint density at radius 3 is 2.56 bits per heavy atom. The Balaban J connectivity index is 1.52. The molecule has 3 aromatic rings. The van der Waals surface area contributed by atoms with Crippen LogP contribution in [0.15, 0.2) is 30.6 Å². The van der Waals surface area contributed by atoms with Crippen LogP contribution in [0.4, 0.5) is 37.8 Å². The van der Waals surface area contributed by atoms with Gasteiger partial charge >= 0.3 is 23.9 Å². The highest BCUT2D eigenvalue weighted by Gasteiger charge is 2.58. The molecular weight excluding hydrogens is 534 g/mol. The van der Waals surface area contributed by atoms with E-state index in [0.717, 1.165) is 31.2 Å². The highest BCUT2D eigenvalue weighted by molar-refractivity contribution is 6.40. The van der Waals surface area contributed by atoms with Crippen LogP contribution in [0.1, 0.15) is 49.6 Å². The van der Waals surface area contributed by atoms with Crippen molar-refractivity contribution in [2.45, 2.75) is 50.6 Å². The number of ether oxygens (including phenoxy) is 1. The topological polar surface area (TPSA) is 115 Å². The summed E-state index contributed by atoms with van der Waals surface area (Å²) in [6.45, 7) is 1.84. The molecule has 4 rings (SSSR count). The van der Waals surface area contributed by atoms with E-state index in [0.29, 0.717) is 24.1 Å². The third kappa shape index (κ3) is 5.35. The number of alkyl halides is 5. The van der Waals surface area contributed by atoms with Crippen LogP contribution < -0.4 is 11.1 Å². The highest BCUT2D eigenvalue weighted by Crippen LogP contribution is 2.44. The summed E-state index contributed by atoms with van der Waals surface area (Å²) in [6.07, 6.45) is -0.844. The van der Waals surface area contributed by atoms with E-state index in [2.05, 4.69) is 15.4 Å². The highest BCUT2D eigenvalue weighted by atomic mass is 19.4. The van der Waals surface area contributed by atoms with Gasteiger partial charge in [-0.25, -0.2) is 14.1 Å². The molecule has 1 fully saturated rings. The molecule has 2 aromatic heterocycles. The quantitative estimate of drug-likeness (QED) is 0.348. The second kappa shape index (κ2) is 10.4. The van der Waals surface area contributed by atoms with Gasteiger partial charge in [0.15, 0.2) is 0 Å². The van der Waals surface area contributed by atoms with E-state index in [1.165, 1.54) is 13.1 Å². The number of carbonyl (C=O) groups excluding carboxylic acids is 2. The Morgan fingerprint density at radius 2 is 1.95 bits per heavy atom. The number of amides is 2. The molecule has 2 amide bonds. The largest absolute Gasteiger partial charge is 0.458 e. The van der Waals surface area contributed by atoms with Crippen molar-refractivity contribution in [2.24, 2.45) is 0 Å². The zero-order valence-corrected chi connectivity index (χ0v) is 20.7. The van der Waals surface area contributed by atoms with Gasteiger partial charge in [0, 0.05) is 31.0 Å². The van der Waals surface area contributed by atoms with Gasteiger partial charge in [-0.05, 0) is 32.3 Å². The van der Waals surface area contributed by atoms with Crippen molar-refractivity contribution in [1.29, 1.82) is 0 Å². The van der Waals surface area contributed by atoms with Crippen LogP contribution >= 0.6 is 0 Å². The lowest BCUT2D eigenvalue weighted by atomic mass is 10.0. The fourth-order valence-electron chi connectivity index (χ4n) is 4.16. The molecule has 1 saturated heterocycles. The van der Waals surface area contributed by atoms with Crippen molar-refractivity contribution in [3.8, 4) is 0 Å². The molecule has 3 N–H and O–H groups in total. The number of likely N-dealkylation sites (N-methyl/N-ethyl adjacent to an activating group) is 1. The number of hydrogen-bond acceptors (Lipinski definition) is 6. The first-order valence-electron chi connectivity index (χ1n) is 11.8. The van der Waals surface area contributed by atoms with Crippen LogP contribution in [-0.2, 0) is 20.2 Å². The number of fused-ring (bicyclic) bond motifs is 1. The Labute approximate surface area is 217 Å². The van der Waals surface area contributed by atoms with E-state index in [4.69, 9.17) is 10.5 Å². The summed E-state index contributed by atoms with van der Waals surface area (Å²) in [4.78, 5) is 30.4. The van der Waals surface area contributed by atoms with Crippen LogP contribution in [0.25, 0.3) is 10.9 Å². The number of anilines is 2. The maximum absolute atomic E-state index is 14.6. The summed E-state index contributed by atoms with van der Waals surface area (Å²) < 4.78 is 86.9. The Kier molecular flexibility index (Phi) is 7.47. The first-order chi connectivity index (χ1) is 18.2. The van der Waals surface area contributed by atoms with Gasteiger partial charge in [0.2, 0.25) is 0 Å². The van der Waals surface area contributed by atoms with Gasteiger partial charge in [0.25, 0.3) is 0 Å². The zero-order chi connectivity index (χ0) is 28.7. The second-order valence-corrected chi connectivity index (χ2v) is 9.10. The maximum atomic E-state index is 14.6. The van der Waals surface area contributed by atoms with Crippen molar-refractivity contribution in [2.75, 3.05) is 24.7 Å². The van der Waals surface area contributed by atoms with Gasteiger partial charge in [0.05, 0.1) is 23.3 Å². The number of nitrogens with one attached hydrogen (secondary N) is 1. The average molecular weight is 558 g/mol. The van der Waals surface area contributed by atoms with Crippen LogP contribution in [0.3, 0.4) is 0 Å². The SMILES string of the molecule is CC(c1ccc(C(F)(F)C(F)(F)F)cc1F)N(C)C(=O)C(=O)Nc1cnc(N)c2cn(C3CCCCO3)nc12. The number of carbonyl (C=O) groups is 2. The minimum atomic E-state index is -5.92. The fourth-order valence-corrected chi connectivity index (χ4v) is 4.16. The van der Waals surface area contributed by atoms with Gasteiger partial charge in [-0.3, -0.25) is 9.59 Å². The van der Waals surface area contributed by atoms with Crippen LogP contribution in [0, 0.1) is 5.82 Å². The van der Waals surface area contributed by atoms with Gasteiger partial charge in [-0.15, -0.1) is 0 Å². The zero-order valence-electron chi connectivity index (χ0n) is 20.7. The molecule has 210 valence electrons. The molecule has 2 unspecified atom stereocenters. The monoisotopic (exact) mass is 558 g/mol. The van der Waals surface area contributed by atoms with Gasteiger partial charge < -0.3 is 20.7 Å². The number of nitrogen functional groups attached to an aromatic ring is 1. The summed E-state index contributed by atoms with van der Waals surface area (Å²) in [5, 5.41) is 7.24. The molecule has 3 heterocycles. The van der Waals surface area contributed by atoms with Gasteiger partial charge in [-0.2, -0.15) is 27.1 Å². The Bertz CT molecular complexity index is 1400. The lowest BCUT2D eigenvalue weighted by Gasteiger charge is -2.26. The van der Waals surface area contributed by atoms with Crippen molar-refractivity contribution < 1.29 is 40.7 Å². The van der Waals surface area contributed by atoms with E-state index < -0.39 is 41.3 Å². The number of nitrogens with zero attached hydrogens (tertiary/aromatic N) is 4. The van der Waals surface area contributed by atoms with Crippen molar-refractivity contribution >= 4 is 34.2 Å².